The van der Waals surface area contributed by atoms with Crippen molar-refractivity contribution >= 4 is 34.8 Å². The number of carbonyl (C=O) groups is 1. The summed E-state index contributed by atoms with van der Waals surface area (Å²) in [5, 5.41) is 11.5. The molecule has 17 heavy (non-hydrogen) atoms. The van der Waals surface area contributed by atoms with E-state index in [9.17, 15) is 10.0 Å². The van der Waals surface area contributed by atoms with Crippen molar-refractivity contribution < 1.29 is 19.0 Å². The first kappa shape index (κ1) is 13.8. The third kappa shape index (κ3) is 3.88. The van der Waals surface area contributed by atoms with Gasteiger partial charge in [-0.15, -0.1) is 0 Å². The molecule has 6 heteroatoms. The molecule has 1 aromatic rings. The zero-order valence-corrected chi connectivity index (χ0v) is 11.6. The van der Waals surface area contributed by atoms with Gasteiger partial charge in [0.05, 0.1) is 23.4 Å². The predicted octanol–water partition coefficient (Wildman–Crippen LogP) is 1.55. The molecule has 0 atom stereocenters. The van der Waals surface area contributed by atoms with E-state index in [4.69, 9.17) is 4.74 Å². The summed E-state index contributed by atoms with van der Waals surface area (Å²) >= 11 is 2.12. The molecular weight excluding hydrogens is 337 g/mol. The van der Waals surface area contributed by atoms with Gasteiger partial charge in [-0.05, 0) is 34.7 Å². The summed E-state index contributed by atoms with van der Waals surface area (Å²) in [4.78, 5) is 10.9. The van der Waals surface area contributed by atoms with Crippen LogP contribution in [0.1, 0.15) is 5.56 Å². The molecule has 0 heterocycles. The molecule has 0 radical (unpaired) electrons. The van der Waals surface area contributed by atoms with Crippen LogP contribution in [-0.2, 0) is 16.1 Å². The van der Waals surface area contributed by atoms with Gasteiger partial charge in [-0.1, -0.05) is 6.07 Å². The van der Waals surface area contributed by atoms with Crippen LogP contribution < -0.4 is 4.74 Å². The lowest BCUT2D eigenvalue weighted by Crippen LogP contribution is -2.14. The molecule has 0 aliphatic carbocycles. The van der Waals surface area contributed by atoms with Gasteiger partial charge in [0.25, 0.3) is 6.21 Å². The fourth-order valence-electron chi connectivity index (χ4n) is 1.29. The fourth-order valence-corrected chi connectivity index (χ4v) is 2.06. The Morgan fingerprint density at radius 3 is 2.82 bits per heavy atom. The number of hydroxylamine groups is 1. The number of nitrogens with zero attached hydrogens (tertiary/aromatic N) is 1. The topological polar surface area (TPSA) is 61.6 Å². The van der Waals surface area contributed by atoms with E-state index in [0.29, 0.717) is 10.5 Å². The Kier molecular flexibility index (Phi) is 5.20. The van der Waals surface area contributed by atoms with Gasteiger partial charge in [-0.25, -0.2) is 9.53 Å². The maximum Gasteiger partial charge on any atom is 0.396 e. The number of carbonyl (C=O) groups excluding carboxylic acids is 1. The Morgan fingerprint density at radius 2 is 2.24 bits per heavy atom. The van der Waals surface area contributed by atoms with Crippen molar-refractivity contribution in [2.45, 2.75) is 6.54 Å². The minimum absolute atomic E-state index is 0.0368. The van der Waals surface area contributed by atoms with E-state index in [1.165, 1.54) is 7.11 Å². The van der Waals surface area contributed by atoms with Gasteiger partial charge >= 0.3 is 5.97 Å². The molecule has 5 nitrogen and oxygen atoms in total. The molecule has 0 amide bonds. The summed E-state index contributed by atoms with van der Waals surface area (Å²) in [6.07, 6.45) is 0.860. The maximum atomic E-state index is 11.5. The molecule has 0 aromatic heterocycles. The summed E-state index contributed by atoms with van der Waals surface area (Å²) in [5.41, 5.74) is 0.717. The number of methoxy groups -OCH3 is 2. The Bertz CT molecular complexity index is 445. The summed E-state index contributed by atoms with van der Waals surface area (Å²) < 4.78 is 11.0. The van der Waals surface area contributed by atoms with Gasteiger partial charge in [0.1, 0.15) is 5.75 Å². The summed E-state index contributed by atoms with van der Waals surface area (Å²) in [6.45, 7) is 0.0368. The van der Waals surface area contributed by atoms with Gasteiger partial charge in [0.2, 0.25) is 0 Å². The van der Waals surface area contributed by atoms with Crippen LogP contribution in [-0.4, -0.2) is 31.1 Å². The highest BCUT2D eigenvalue weighted by Gasteiger charge is 2.11. The lowest BCUT2D eigenvalue weighted by Gasteiger charge is -2.09. The van der Waals surface area contributed by atoms with E-state index in [1.807, 2.05) is 12.1 Å². The van der Waals surface area contributed by atoms with Gasteiger partial charge in [0, 0.05) is 0 Å². The predicted molar refractivity (Wildman–Crippen MR) is 71.1 cm³/mol. The van der Waals surface area contributed by atoms with Crippen LogP contribution in [0.15, 0.2) is 18.2 Å². The highest BCUT2D eigenvalue weighted by molar-refractivity contribution is 14.1. The van der Waals surface area contributed by atoms with Crippen molar-refractivity contribution in [2.24, 2.45) is 0 Å². The maximum absolute atomic E-state index is 11.5. The molecule has 0 unspecified atom stereocenters. The SMILES string of the molecule is COC(=O)/C=[N+](\[O-])Cc1cccc(I)c1OC. The smallest absolute Gasteiger partial charge is 0.396 e. The van der Waals surface area contributed by atoms with E-state index in [2.05, 4.69) is 27.3 Å². The normalized spacial score (nSPS) is 11.1. The zero-order chi connectivity index (χ0) is 12.8. The first-order valence-corrected chi connectivity index (χ1v) is 5.84. The van der Waals surface area contributed by atoms with E-state index < -0.39 is 5.97 Å². The number of benzene rings is 1. The third-order valence-electron chi connectivity index (χ3n) is 2.03. The number of halogens is 1. The second kappa shape index (κ2) is 6.43. The zero-order valence-electron chi connectivity index (χ0n) is 9.47. The Hall–Kier alpha value is -1.31. The minimum atomic E-state index is -0.676. The van der Waals surface area contributed by atoms with Crippen LogP contribution in [0.5, 0.6) is 5.75 Å². The molecule has 0 bridgehead atoms. The highest BCUT2D eigenvalue weighted by atomic mass is 127. The number of esters is 1. The molecule has 0 aliphatic heterocycles. The van der Waals surface area contributed by atoms with E-state index in [1.54, 1.807) is 13.2 Å². The van der Waals surface area contributed by atoms with Crippen molar-refractivity contribution in [1.29, 1.82) is 0 Å². The molecule has 0 spiro atoms. The van der Waals surface area contributed by atoms with E-state index in [-0.39, 0.29) is 6.54 Å². The summed E-state index contributed by atoms with van der Waals surface area (Å²) in [5.74, 6) is -0.0307. The number of rotatable bonds is 4. The lowest BCUT2D eigenvalue weighted by atomic mass is 10.2. The molecule has 0 N–H and O–H groups in total. The van der Waals surface area contributed by atoms with Gasteiger partial charge in [-0.2, -0.15) is 0 Å². The molecule has 0 saturated heterocycles. The van der Waals surface area contributed by atoms with Crippen LogP contribution in [0.4, 0.5) is 0 Å². The Labute approximate surface area is 113 Å². The largest absolute Gasteiger partial charge is 0.623 e. The number of ether oxygens (including phenoxy) is 2. The second-order valence-electron chi connectivity index (χ2n) is 3.16. The standard InChI is InChI=1S/C11H12INO4/c1-16-10(14)7-13(15)6-8-4-3-5-9(12)11(8)17-2/h3-5,7H,6H2,1-2H3/b13-7-. The third-order valence-corrected chi connectivity index (χ3v) is 2.88. The average Bonchev–Trinajstić information content (AvgIpc) is 2.29. The Balaban J connectivity index is 2.92. The molecular formula is C11H12INO4. The monoisotopic (exact) mass is 349 g/mol. The average molecular weight is 349 g/mol. The van der Waals surface area contributed by atoms with Crippen LogP contribution in [0.3, 0.4) is 0 Å². The van der Waals surface area contributed by atoms with Crippen LogP contribution in [0.2, 0.25) is 0 Å². The lowest BCUT2D eigenvalue weighted by molar-refractivity contribution is -0.469. The van der Waals surface area contributed by atoms with E-state index >= 15 is 0 Å². The van der Waals surface area contributed by atoms with Gasteiger partial charge in [0.15, 0.2) is 6.54 Å². The highest BCUT2D eigenvalue weighted by Crippen LogP contribution is 2.25. The van der Waals surface area contributed by atoms with Gasteiger partial charge in [-0.3, -0.25) is 0 Å². The number of para-hydroxylation sites is 1. The first-order chi connectivity index (χ1) is 8.08. The molecule has 92 valence electrons. The van der Waals surface area contributed by atoms with Crippen LogP contribution in [0.25, 0.3) is 0 Å². The minimum Gasteiger partial charge on any atom is -0.623 e. The number of hydrogen-bond donors (Lipinski definition) is 0. The second-order valence-corrected chi connectivity index (χ2v) is 4.32. The van der Waals surface area contributed by atoms with Crippen LogP contribution in [0, 0.1) is 8.78 Å². The Morgan fingerprint density at radius 1 is 1.53 bits per heavy atom. The van der Waals surface area contributed by atoms with Crippen LogP contribution >= 0.6 is 22.6 Å². The molecule has 0 saturated carbocycles. The van der Waals surface area contributed by atoms with Crippen molar-refractivity contribution in [3.05, 3.63) is 32.5 Å². The quantitative estimate of drug-likeness (QED) is 0.207. The molecule has 1 rings (SSSR count). The molecule has 0 fully saturated rings. The van der Waals surface area contributed by atoms with Crippen molar-refractivity contribution in [3.63, 3.8) is 0 Å². The molecule has 1 aromatic carbocycles. The first-order valence-electron chi connectivity index (χ1n) is 4.76. The molecule has 0 aliphatic rings. The summed E-state index contributed by atoms with van der Waals surface area (Å²) in [7, 11) is 2.76. The number of hydrogen-bond acceptors (Lipinski definition) is 4. The van der Waals surface area contributed by atoms with Crippen molar-refractivity contribution in [3.8, 4) is 5.75 Å². The van der Waals surface area contributed by atoms with Gasteiger partial charge < -0.3 is 14.7 Å². The fraction of sp³-hybridized carbons (Fsp3) is 0.273. The van der Waals surface area contributed by atoms with Crippen molar-refractivity contribution in [2.75, 3.05) is 14.2 Å². The van der Waals surface area contributed by atoms with Crippen molar-refractivity contribution in [1.82, 2.24) is 0 Å². The van der Waals surface area contributed by atoms with E-state index in [0.717, 1.165) is 15.3 Å². The summed E-state index contributed by atoms with van der Waals surface area (Å²) in [6, 6.07) is 5.48.